The van der Waals surface area contributed by atoms with Crippen LogP contribution in [-0.2, 0) is 13.0 Å². The zero-order valence-electron chi connectivity index (χ0n) is 11.5. The zero-order valence-corrected chi connectivity index (χ0v) is 11.5. The first-order valence-electron chi connectivity index (χ1n) is 6.50. The summed E-state index contributed by atoms with van der Waals surface area (Å²) in [5.74, 6) is 4.27. The molecule has 0 spiro atoms. The molecule has 0 saturated carbocycles. The Kier molecular flexibility index (Phi) is 4.46. The minimum absolute atomic E-state index is 0.0449. The topological polar surface area (TPSA) is 55.9 Å². The van der Waals surface area contributed by atoms with Crippen LogP contribution in [-0.4, -0.2) is 9.78 Å². The fourth-order valence-corrected chi connectivity index (χ4v) is 2.33. The Labute approximate surface area is 116 Å². The second-order valence-corrected chi connectivity index (χ2v) is 4.65. The number of aryl methyl sites for hydroxylation is 2. The molecule has 0 bridgehead atoms. The molecule has 1 aromatic heterocycles. The van der Waals surface area contributed by atoms with Crippen LogP contribution in [0.1, 0.15) is 29.9 Å². The highest BCUT2D eigenvalue weighted by atomic mass is 19.1. The summed E-state index contributed by atoms with van der Waals surface area (Å²) in [6.07, 6.45) is 0.364. The van der Waals surface area contributed by atoms with Crippen LogP contribution in [0.15, 0.2) is 24.3 Å². The molecule has 0 radical (unpaired) electrons. The van der Waals surface area contributed by atoms with E-state index in [1.54, 1.807) is 4.68 Å². The molecule has 0 saturated heterocycles. The van der Waals surface area contributed by atoms with Gasteiger partial charge in [-0.1, -0.05) is 6.07 Å². The summed E-state index contributed by atoms with van der Waals surface area (Å²) in [4.78, 5) is 0. The van der Waals surface area contributed by atoms with Gasteiger partial charge in [0, 0.05) is 24.2 Å². The van der Waals surface area contributed by atoms with Crippen molar-refractivity contribution in [2.45, 2.75) is 32.9 Å². The van der Waals surface area contributed by atoms with E-state index in [1.165, 1.54) is 18.2 Å². The Morgan fingerprint density at radius 3 is 2.55 bits per heavy atom. The molecule has 0 aliphatic heterocycles. The number of nitrogens with two attached hydrogens (primary N) is 1. The molecule has 0 fully saturated rings. The molecular weight excluding hydrogens is 262 g/mol. The van der Waals surface area contributed by atoms with E-state index < -0.39 is 17.7 Å². The Bertz CT molecular complexity index is 575. The number of hydrazine groups is 1. The average Bonchev–Trinajstić information content (AvgIpc) is 2.77. The molecule has 20 heavy (non-hydrogen) atoms. The summed E-state index contributed by atoms with van der Waals surface area (Å²) < 4.78 is 29.4. The fraction of sp³-hybridized carbons (Fsp3) is 0.357. The molecule has 1 aromatic carbocycles. The van der Waals surface area contributed by atoms with Crippen LogP contribution in [0.5, 0.6) is 0 Å². The monoisotopic (exact) mass is 280 g/mol. The van der Waals surface area contributed by atoms with Gasteiger partial charge in [-0.25, -0.2) is 8.78 Å². The quantitative estimate of drug-likeness (QED) is 0.652. The van der Waals surface area contributed by atoms with Gasteiger partial charge >= 0.3 is 0 Å². The molecule has 1 atom stereocenters. The van der Waals surface area contributed by atoms with Crippen molar-refractivity contribution < 1.29 is 8.78 Å². The molecule has 2 aromatic rings. The van der Waals surface area contributed by atoms with Crippen molar-refractivity contribution in [3.8, 4) is 0 Å². The number of nitrogens with one attached hydrogen (secondary N) is 1. The van der Waals surface area contributed by atoms with Crippen LogP contribution in [0.25, 0.3) is 0 Å². The van der Waals surface area contributed by atoms with E-state index in [-0.39, 0.29) is 5.56 Å². The Morgan fingerprint density at radius 2 is 2.00 bits per heavy atom. The first-order valence-corrected chi connectivity index (χ1v) is 6.50. The van der Waals surface area contributed by atoms with Gasteiger partial charge in [-0.3, -0.25) is 16.0 Å². The lowest BCUT2D eigenvalue weighted by molar-refractivity contribution is 0.460. The van der Waals surface area contributed by atoms with E-state index in [9.17, 15) is 8.78 Å². The molecule has 3 N–H and O–H groups in total. The van der Waals surface area contributed by atoms with E-state index in [2.05, 4.69) is 10.5 Å². The number of halogens is 2. The Morgan fingerprint density at radius 1 is 1.35 bits per heavy atom. The summed E-state index contributed by atoms with van der Waals surface area (Å²) in [5.41, 5.74) is 4.20. The predicted octanol–water partition coefficient (Wildman–Crippen LogP) is 2.24. The number of hydrogen-bond donors (Lipinski definition) is 2. The SMILES string of the molecule is CCn1nc(C)cc1CC(NN)c1c(F)cccc1F. The zero-order chi connectivity index (χ0) is 14.7. The minimum atomic E-state index is -0.641. The molecule has 4 nitrogen and oxygen atoms in total. The van der Waals surface area contributed by atoms with Gasteiger partial charge in [0.2, 0.25) is 0 Å². The van der Waals surface area contributed by atoms with E-state index in [4.69, 9.17) is 5.84 Å². The van der Waals surface area contributed by atoms with Gasteiger partial charge in [-0.05, 0) is 32.0 Å². The summed E-state index contributed by atoms with van der Waals surface area (Å²) in [6, 6.07) is 5.04. The van der Waals surface area contributed by atoms with Crippen LogP contribution in [0.4, 0.5) is 8.78 Å². The minimum Gasteiger partial charge on any atom is -0.271 e. The molecule has 2 rings (SSSR count). The van der Waals surface area contributed by atoms with Crippen molar-refractivity contribution in [2.24, 2.45) is 5.84 Å². The van der Waals surface area contributed by atoms with Crippen LogP contribution < -0.4 is 11.3 Å². The summed E-state index contributed by atoms with van der Waals surface area (Å²) >= 11 is 0. The van der Waals surface area contributed by atoms with Crippen molar-refractivity contribution in [1.29, 1.82) is 0 Å². The van der Waals surface area contributed by atoms with Gasteiger partial charge in [0.25, 0.3) is 0 Å². The van der Waals surface area contributed by atoms with Gasteiger partial charge in [0.1, 0.15) is 11.6 Å². The van der Waals surface area contributed by atoms with E-state index in [0.717, 1.165) is 11.4 Å². The predicted molar refractivity (Wildman–Crippen MR) is 72.8 cm³/mol. The van der Waals surface area contributed by atoms with Gasteiger partial charge in [0.05, 0.1) is 11.7 Å². The first-order chi connectivity index (χ1) is 9.56. The van der Waals surface area contributed by atoms with Crippen LogP contribution >= 0.6 is 0 Å². The maximum Gasteiger partial charge on any atom is 0.130 e. The molecule has 1 unspecified atom stereocenters. The van der Waals surface area contributed by atoms with E-state index >= 15 is 0 Å². The normalized spacial score (nSPS) is 12.7. The van der Waals surface area contributed by atoms with Crippen LogP contribution in [0, 0.1) is 18.6 Å². The van der Waals surface area contributed by atoms with Gasteiger partial charge in [0.15, 0.2) is 0 Å². The number of rotatable bonds is 5. The highest BCUT2D eigenvalue weighted by Crippen LogP contribution is 2.24. The van der Waals surface area contributed by atoms with E-state index in [1.807, 2.05) is 19.9 Å². The third kappa shape index (κ3) is 2.86. The van der Waals surface area contributed by atoms with Crippen molar-refractivity contribution in [1.82, 2.24) is 15.2 Å². The second kappa shape index (κ2) is 6.11. The highest BCUT2D eigenvalue weighted by molar-refractivity contribution is 5.25. The largest absolute Gasteiger partial charge is 0.271 e. The summed E-state index contributed by atoms with van der Waals surface area (Å²) in [6.45, 7) is 4.54. The number of aromatic nitrogens is 2. The van der Waals surface area contributed by atoms with Crippen molar-refractivity contribution in [3.63, 3.8) is 0 Å². The van der Waals surface area contributed by atoms with Gasteiger partial charge < -0.3 is 0 Å². The average molecular weight is 280 g/mol. The van der Waals surface area contributed by atoms with Gasteiger partial charge in [-0.2, -0.15) is 5.10 Å². The third-order valence-electron chi connectivity index (χ3n) is 3.25. The summed E-state index contributed by atoms with van der Waals surface area (Å²) in [7, 11) is 0. The molecule has 0 aliphatic carbocycles. The highest BCUT2D eigenvalue weighted by Gasteiger charge is 2.21. The van der Waals surface area contributed by atoms with Crippen molar-refractivity contribution >= 4 is 0 Å². The summed E-state index contributed by atoms with van der Waals surface area (Å²) in [5, 5.41) is 4.32. The fourth-order valence-electron chi connectivity index (χ4n) is 2.33. The number of hydrogen-bond acceptors (Lipinski definition) is 3. The standard InChI is InChI=1S/C14H18F2N4/c1-3-20-10(7-9(2)19-20)8-13(18-17)14-11(15)5-4-6-12(14)16/h4-7,13,18H,3,8,17H2,1-2H3. The van der Waals surface area contributed by atoms with Crippen LogP contribution in [0.3, 0.4) is 0 Å². The maximum absolute atomic E-state index is 13.8. The third-order valence-corrected chi connectivity index (χ3v) is 3.25. The van der Waals surface area contributed by atoms with Crippen molar-refractivity contribution in [2.75, 3.05) is 0 Å². The van der Waals surface area contributed by atoms with E-state index in [0.29, 0.717) is 13.0 Å². The number of benzene rings is 1. The molecule has 108 valence electrons. The van der Waals surface area contributed by atoms with Crippen molar-refractivity contribution in [3.05, 3.63) is 52.9 Å². The Balaban J connectivity index is 2.33. The van der Waals surface area contributed by atoms with Crippen LogP contribution in [0.2, 0.25) is 0 Å². The molecule has 1 heterocycles. The lowest BCUT2D eigenvalue weighted by atomic mass is 10.0. The maximum atomic E-state index is 13.8. The lowest BCUT2D eigenvalue weighted by Gasteiger charge is -2.18. The Hall–Kier alpha value is -1.79. The smallest absolute Gasteiger partial charge is 0.130 e. The molecule has 0 aliphatic rings. The van der Waals surface area contributed by atoms with Gasteiger partial charge in [-0.15, -0.1) is 0 Å². The second-order valence-electron chi connectivity index (χ2n) is 4.65. The lowest BCUT2D eigenvalue weighted by Crippen LogP contribution is -2.31. The first kappa shape index (κ1) is 14.6. The molecule has 0 amide bonds. The number of nitrogens with zero attached hydrogens (tertiary/aromatic N) is 2. The molecule has 6 heteroatoms. The molecular formula is C14H18F2N4.